The van der Waals surface area contributed by atoms with Crippen LogP contribution in [-0.2, 0) is 6.18 Å². The number of nitrogens with one attached hydrogen (secondary N) is 1. The summed E-state index contributed by atoms with van der Waals surface area (Å²) < 4.78 is 40.4. The van der Waals surface area contributed by atoms with E-state index in [1.54, 1.807) is 17.5 Å². The van der Waals surface area contributed by atoms with Crippen molar-refractivity contribution in [1.29, 1.82) is 0 Å². The van der Waals surface area contributed by atoms with Gasteiger partial charge in [0.2, 0.25) is 0 Å². The molecule has 0 aliphatic rings. The minimum atomic E-state index is -4.57. The van der Waals surface area contributed by atoms with Gasteiger partial charge in [-0.3, -0.25) is 9.20 Å². The van der Waals surface area contributed by atoms with Gasteiger partial charge in [-0.15, -0.1) is 0 Å². The van der Waals surface area contributed by atoms with Gasteiger partial charge in [0.1, 0.15) is 5.69 Å². The zero-order chi connectivity index (χ0) is 19.2. The summed E-state index contributed by atoms with van der Waals surface area (Å²) in [6, 6.07) is 2.57. The highest BCUT2D eigenvalue weighted by Crippen LogP contribution is 2.32. The number of aryl methyl sites for hydroxylation is 2. The number of nitrogens with zero attached hydrogens (tertiary/aromatic N) is 3. The Hall–Kier alpha value is -2.13. The van der Waals surface area contributed by atoms with Crippen molar-refractivity contribution in [1.82, 2.24) is 14.4 Å². The molecule has 5 nitrogen and oxygen atoms in total. The van der Waals surface area contributed by atoms with E-state index in [2.05, 4.69) is 31.2 Å². The molecule has 3 aromatic heterocycles. The third-order valence-electron chi connectivity index (χ3n) is 3.60. The summed E-state index contributed by atoms with van der Waals surface area (Å²) >= 11 is 9.24. The molecule has 3 heterocycles. The summed E-state index contributed by atoms with van der Waals surface area (Å²) in [5, 5.41) is 2.13. The Labute approximate surface area is 159 Å². The van der Waals surface area contributed by atoms with E-state index in [0.717, 1.165) is 5.56 Å². The van der Waals surface area contributed by atoms with Crippen molar-refractivity contribution < 1.29 is 18.0 Å². The van der Waals surface area contributed by atoms with E-state index in [1.165, 1.54) is 0 Å². The van der Waals surface area contributed by atoms with Gasteiger partial charge in [0.05, 0.1) is 20.8 Å². The van der Waals surface area contributed by atoms with Crippen LogP contribution in [0.5, 0.6) is 0 Å². The first-order valence-corrected chi connectivity index (χ1v) is 8.44. The molecule has 0 saturated heterocycles. The molecule has 0 spiro atoms. The van der Waals surface area contributed by atoms with E-state index in [9.17, 15) is 18.0 Å². The van der Waals surface area contributed by atoms with Crippen LogP contribution >= 0.6 is 27.5 Å². The Kier molecular flexibility index (Phi) is 4.70. The SMILES string of the molecule is Cc1cc(Br)c2nc(C)c(C(=O)Nc3ncc(C(F)(F)F)cc3Cl)n2c1. The van der Waals surface area contributed by atoms with Crippen LogP contribution in [0.1, 0.15) is 27.3 Å². The second-order valence-electron chi connectivity index (χ2n) is 5.61. The quantitative estimate of drug-likeness (QED) is 0.599. The van der Waals surface area contributed by atoms with Gasteiger partial charge in [0.25, 0.3) is 5.91 Å². The van der Waals surface area contributed by atoms with Crippen molar-refractivity contribution in [3.63, 3.8) is 0 Å². The van der Waals surface area contributed by atoms with E-state index < -0.39 is 17.6 Å². The van der Waals surface area contributed by atoms with Gasteiger partial charge in [-0.1, -0.05) is 11.6 Å². The lowest BCUT2D eigenvalue weighted by molar-refractivity contribution is -0.137. The summed E-state index contributed by atoms with van der Waals surface area (Å²) in [4.78, 5) is 20.6. The Bertz CT molecular complexity index is 1030. The second-order valence-corrected chi connectivity index (χ2v) is 6.87. The Morgan fingerprint density at radius 3 is 2.62 bits per heavy atom. The van der Waals surface area contributed by atoms with Crippen LogP contribution in [0.15, 0.2) is 29.0 Å². The maximum absolute atomic E-state index is 12.7. The number of fused-ring (bicyclic) bond motifs is 1. The lowest BCUT2D eigenvalue weighted by Crippen LogP contribution is -2.17. The Balaban J connectivity index is 1.99. The van der Waals surface area contributed by atoms with E-state index >= 15 is 0 Å². The monoisotopic (exact) mass is 446 g/mol. The van der Waals surface area contributed by atoms with Gasteiger partial charge in [-0.05, 0) is 47.5 Å². The number of carbonyl (C=O) groups is 1. The normalized spacial score (nSPS) is 11.8. The van der Waals surface area contributed by atoms with Crippen molar-refractivity contribution in [3.8, 4) is 0 Å². The number of anilines is 1. The fourth-order valence-corrected chi connectivity index (χ4v) is 3.33. The molecule has 0 fully saturated rings. The average molecular weight is 448 g/mol. The van der Waals surface area contributed by atoms with Gasteiger partial charge in [-0.25, -0.2) is 9.97 Å². The molecule has 10 heteroatoms. The Morgan fingerprint density at radius 2 is 2.00 bits per heavy atom. The standard InChI is InChI=1S/C16H11BrClF3N4O/c1-7-3-10(17)14-23-8(2)12(25(14)6-7)15(26)24-13-11(18)4-9(5-22-13)16(19,20)21/h3-6H,1-2H3,(H,22,24,26). The second kappa shape index (κ2) is 6.55. The van der Waals surface area contributed by atoms with Crippen LogP contribution in [0.4, 0.5) is 19.0 Å². The average Bonchev–Trinajstić information content (AvgIpc) is 2.84. The topological polar surface area (TPSA) is 59.3 Å². The molecule has 1 amide bonds. The number of amides is 1. The molecule has 0 unspecified atom stereocenters. The minimum absolute atomic E-state index is 0.161. The van der Waals surface area contributed by atoms with Gasteiger partial charge >= 0.3 is 6.18 Å². The van der Waals surface area contributed by atoms with Crippen LogP contribution < -0.4 is 5.32 Å². The molecule has 0 saturated carbocycles. The first kappa shape index (κ1) is 18.7. The van der Waals surface area contributed by atoms with Crippen molar-refractivity contribution in [2.24, 2.45) is 0 Å². The summed E-state index contributed by atoms with van der Waals surface area (Å²) in [7, 11) is 0. The smallest absolute Gasteiger partial charge is 0.304 e. The molecule has 1 N–H and O–H groups in total. The van der Waals surface area contributed by atoms with E-state index in [0.29, 0.717) is 28.1 Å². The third-order valence-corrected chi connectivity index (χ3v) is 4.47. The predicted octanol–water partition coefficient (Wildman–Crippen LogP) is 5.03. The zero-order valence-electron chi connectivity index (χ0n) is 13.4. The molecule has 0 atom stereocenters. The largest absolute Gasteiger partial charge is 0.417 e. The number of pyridine rings is 2. The fraction of sp³-hybridized carbons (Fsp3) is 0.188. The van der Waals surface area contributed by atoms with Crippen LogP contribution in [-0.4, -0.2) is 20.3 Å². The first-order chi connectivity index (χ1) is 12.1. The lowest BCUT2D eigenvalue weighted by Gasteiger charge is -2.10. The zero-order valence-corrected chi connectivity index (χ0v) is 15.8. The highest BCUT2D eigenvalue weighted by Gasteiger charge is 2.32. The first-order valence-electron chi connectivity index (χ1n) is 7.27. The third kappa shape index (κ3) is 3.41. The predicted molar refractivity (Wildman–Crippen MR) is 94.6 cm³/mol. The van der Waals surface area contributed by atoms with E-state index in [4.69, 9.17) is 11.6 Å². The minimum Gasteiger partial charge on any atom is -0.304 e. The highest BCUT2D eigenvalue weighted by atomic mass is 79.9. The molecule has 26 heavy (non-hydrogen) atoms. The number of carbonyl (C=O) groups excluding carboxylic acids is 1. The molecule has 3 aromatic rings. The number of imidazole rings is 1. The molecule has 0 aliphatic carbocycles. The van der Waals surface area contributed by atoms with Crippen LogP contribution in [0.25, 0.3) is 5.65 Å². The molecule has 136 valence electrons. The number of alkyl halides is 3. The van der Waals surface area contributed by atoms with Crippen LogP contribution in [0, 0.1) is 13.8 Å². The molecule has 0 aromatic carbocycles. The summed E-state index contributed by atoms with van der Waals surface area (Å²) in [5.74, 6) is -0.743. The summed E-state index contributed by atoms with van der Waals surface area (Å²) in [6.07, 6.45) is -2.22. The van der Waals surface area contributed by atoms with E-state index in [-0.39, 0.29) is 16.5 Å². The van der Waals surface area contributed by atoms with Crippen molar-refractivity contribution >= 4 is 44.9 Å². The number of hydrogen-bond donors (Lipinski definition) is 1. The molecule has 0 aliphatic heterocycles. The van der Waals surface area contributed by atoms with Crippen molar-refractivity contribution in [3.05, 3.63) is 56.5 Å². The summed E-state index contributed by atoms with van der Waals surface area (Å²) in [6.45, 7) is 3.51. The number of rotatable bonds is 2. The molecule has 0 bridgehead atoms. The number of aromatic nitrogens is 3. The van der Waals surface area contributed by atoms with Crippen molar-refractivity contribution in [2.45, 2.75) is 20.0 Å². The lowest BCUT2D eigenvalue weighted by atomic mass is 10.2. The Morgan fingerprint density at radius 1 is 1.31 bits per heavy atom. The number of halogens is 5. The van der Waals surface area contributed by atoms with Gasteiger partial charge < -0.3 is 5.32 Å². The summed E-state index contributed by atoms with van der Waals surface area (Å²) in [5.41, 5.74) is 1.14. The van der Waals surface area contributed by atoms with Crippen LogP contribution in [0.3, 0.4) is 0 Å². The molecule has 0 radical (unpaired) electrons. The van der Waals surface area contributed by atoms with Gasteiger partial charge in [0.15, 0.2) is 11.5 Å². The van der Waals surface area contributed by atoms with Gasteiger partial charge in [0, 0.05) is 12.4 Å². The van der Waals surface area contributed by atoms with Crippen molar-refractivity contribution in [2.75, 3.05) is 5.32 Å². The molecular formula is C16H11BrClF3N4O. The maximum atomic E-state index is 12.7. The number of hydrogen-bond acceptors (Lipinski definition) is 3. The van der Waals surface area contributed by atoms with Gasteiger partial charge in [-0.2, -0.15) is 13.2 Å². The highest BCUT2D eigenvalue weighted by molar-refractivity contribution is 9.10. The van der Waals surface area contributed by atoms with E-state index in [1.807, 2.05) is 13.0 Å². The molecular weight excluding hydrogens is 437 g/mol. The van der Waals surface area contributed by atoms with Crippen LogP contribution in [0.2, 0.25) is 5.02 Å². The fourth-order valence-electron chi connectivity index (χ4n) is 2.47. The molecule has 3 rings (SSSR count). The maximum Gasteiger partial charge on any atom is 0.417 e.